The van der Waals surface area contributed by atoms with Gasteiger partial charge in [0.15, 0.2) is 6.20 Å². The Bertz CT molecular complexity index is 776. The molecule has 44 heavy (non-hydrogen) atoms. The van der Waals surface area contributed by atoms with E-state index in [4.69, 9.17) is 9.47 Å². The second-order valence-corrected chi connectivity index (χ2v) is 12.8. The summed E-state index contributed by atoms with van der Waals surface area (Å²) in [5.74, 6) is -0.546. The van der Waals surface area contributed by atoms with Crippen LogP contribution in [-0.4, -0.2) is 82.0 Å². The molecule has 0 radical (unpaired) electrons. The van der Waals surface area contributed by atoms with Crippen molar-refractivity contribution >= 4 is 12.0 Å². The Labute approximate surface area is 270 Å². The number of hydrogen-bond donors (Lipinski definition) is 4. The standard InChI is InChI=1S/C35H68N2O7/c1-5-7-9-11-13-15-17-19-21-23-25-28(3)43-35(42)37(26-24-22-20-18-16-14-12-10-8-6-2)34-31(36-29(4)39)33(41)32(40)30(27-38)44-34/h28,30-34,38,40-41H,5-27H2,1-4H3,(H,36,39)/t28?,30-,31-,32-,33-,34?/m1/s1/i34D. The van der Waals surface area contributed by atoms with Crippen LogP contribution in [0.3, 0.4) is 0 Å². The van der Waals surface area contributed by atoms with E-state index in [1.807, 2.05) is 6.92 Å². The molecular formula is C35H68N2O7. The second-order valence-electron chi connectivity index (χ2n) is 12.8. The van der Waals surface area contributed by atoms with Crippen molar-refractivity contribution in [2.45, 2.75) is 199 Å². The highest BCUT2D eigenvalue weighted by Gasteiger charge is 2.48. The minimum Gasteiger partial charge on any atom is -0.446 e. The maximum atomic E-state index is 13.6. The van der Waals surface area contributed by atoms with Gasteiger partial charge in [0.25, 0.3) is 0 Å². The van der Waals surface area contributed by atoms with E-state index in [1.165, 1.54) is 90.4 Å². The lowest BCUT2D eigenvalue weighted by molar-refractivity contribution is -0.227. The van der Waals surface area contributed by atoms with Crippen LogP contribution in [0.4, 0.5) is 4.79 Å². The summed E-state index contributed by atoms with van der Waals surface area (Å²) in [6, 6.07) is -1.44. The summed E-state index contributed by atoms with van der Waals surface area (Å²) in [7, 11) is 0. The fourth-order valence-corrected chi connectivity index (χ4v) is 5.87. The van der Waals surface area contributed by atoms with Gasteiger partial charge < -0.3 is 30.1 Å². The summed E-state index contributed by atoms with van der Waals surface area (Å²) in [4.78, 5) is 26.8. The van der Waals surface area contributed by atoms with Crippen molar-refractivity contribution in [3.8, 4) is 0 Å². The number of unbranched alkanes of at least 4 members (excludes halogenated alkanes) is 18. The molecule has 1 rings (SSSR count). The molecule has 1 aliphatic rings. The van der Waals surface area contributed by atoms with Gasteiger partial charge in [-0.3, -0.25) is 9.69 Å². The number of rotatable bonds is 26. The van der Waals surface area contributed by atoms with Crippen LogP contribution in [0.15, 0.2) is 0 Å². The Morgan fingerprint density at radius 2 is 1.25 bits per heavy atom. The van der Waals surface area contributed by atoms with Crippen LogP contribution in [0.2, 0.25) is 0 Å². The van der Waals surface area contributed by atoms with Gasteiger partial charge in [0.2, 0.25) is 5.91 Å². The van der Waals surface area contributed by atoms with Gasteiger partial charge >= 0.3 is 6.09 Å². The summed E-state index contributed by atoms with van der Waals surface area (Å²) in [6.45, 7) is 6.96. The Kier molecular flexibility index (Phi) is 22.7. The molecule has 4 N–H and O–H groups in total. The van der Waals surface area contributed by atoms with Crippen LogP contribution in [-0.2, 0) is 14.3 Å². The van der Waals surface area contributed by atoms with Crippen LogP contribution in [0, 0.1) is 0 Å². The highest BCUT2D eigenvalue weighted by molar-refractivity contribution is 5.74. The molecule has 0 aromatic heterocycles. The zero-order chi connectivity index (χ0) is 33.5. The number of nitrogens with one attached hydrogen (secondary N) is 1. The molecule has 0 aromatic carbocycles. The van der Waals surface area contributed by atoms with E-state index in [2.05, 4.69) is 19.2 Å². The molecule has 1 heterocycles. The molecule has 2 amide bonds. The first-order chi connectivity index (χ1) is 21.6. The molecular weight excluding hydrogens is 560 g/mol. The molecule has 6 atom stereocenters. The molecule has 0 aliphatic carbocycles. The predicted molar refractivity (Wildman–Crippen MR) is 176 cm³/mol. The fourth-order valence-electron chi connectivity index (χ4n) is 5.87. The Balaban J connectivity index is 2.79. The molecule has 0 spiro atoms. The summed E-state index contributed by atoms with van der Waals surface area (Å²) >= 11 is 0. The molecule has 0 saturated carbocycles. The molecule has 1 saturated heterocycles. The molecule has 9 heteroatoms. The smallest absolute Gasteiger partial charge is 0.412 e. The quantitative estimate of drug-likeness (QED) is 0.0759. The minimum atomic E-state index is -2.29. The van der Waals surface area contributed by atoms with E-state index >= 15 is 0 Å². The van der Waals surface area contributed by atoms with Crippen molar-refractivity contribution in [2.24, 2.45) is 0 Å². The minimum absolute atomic E-state index is 0.112. The van der Waals surface area contributed by atoms with Gasteiger partial charge in [0.05, 0.1) is 7.98 Å². The summed E-state index contributed by atoms with van der Waals surface area (Å²) in [6.07, 6.45) is 15.9. The van der Waals surface area contributed by atoms with Gasteiger partial charge in [-0.1, -0.05) is 129 Å². The number of ether oxygens (including phenoxy) is 2. The summed E-state index contributed by atoms with van der Waals surface area (Å²) in [5.41, 5.74) is 0. The Hall–Kier alpha value is -1.42. The zero-order valence-corrected chi connectivity index (χ0v) is 28.6. The lowest BCUT2D eigenvalue weighted by Gasteiger charge is -2.46. The third kappa shape index (κ3) is 17.3. The van der Waals surface area contributed by atoms with Crippen molar-refractivity contribution in [3.05, 3.63) is 0 Å². The van der Waals surface area contributed by atoms with Gasteiger partial charge in [0, 0.05) is 13.5 Å². The second kappa shape index (κ2) is 25.7. The number of aliphatic hydroxyl groups is 3. The van der Waals surface area contributed by atoms with E-state index in [0.29, 0.717) is 12.8 Å². The van der Waals surface area contributed by atoms with Crippen molar-refractivity contribution in [3.63, 3.8) is 0 Å². The average molecular weight is 630 g/mol. The van der Waals surface area contributed by atoms with E-state index in [0.717, 1.165) is 43.4 Å². The van der Waals surface area contributed by atoms with Gasteiger partial charge in [-0.2, -0.15) is 0 Å². The molecule has 0 aromatic rings. The predicted octanol–water partition coefficient (Wildman–Crippen LogP) is 6.99. The highest BCUT2D eigenvalue weighted by atomic mass is 16.6. The van der Waals surface area contributed by atoms with Crippen molar-refractivity contribution in [2.75, 3.05) is 13.2 Å². The topological polar surface area (TPSA) is 129 Å². The first-order valence-electron chi connectivity index (χ1n) is 18.5. The number of amides is 2. The Morgan fingerprint density at radius 1 is 0.795 bits per heavy atom. The fraction of sp³-hybridized carbons (Fsp3) is 0.943. The summed E-state index contributed by atoms with van der Waals surface area (Å²) in [5, 5.41) is 33.7. The number of carbonyl (C=O) groups is 2. The van der Waals surface area contributed by atoms with Crippen molar-refractivity contribution in [1.82, 2.24) is 10.2 Å². The first-order valence-corrected chi connectivity index (χ1v) is 18.0. The molecule has 1 fully saturated rings. The third-order valence-corrected chi connectivity index (χ3v) is 8.64. The summed E-state index contributed by atoms with van der Waals surface area (Å²) < 4.78 is 20.9. The lowest BCUT2D eigenvalue weighted by Crippen LogP contribution is -2.68. The van der Waals surface area contributed by atoms with E-state index in [9.17, 15) is 26.3 Å². The van der Waals surface area contributed by atoms with Crippen LogP contribution in [0.5, 0.6) is 0 Å². The van der Waals surface area contributed by atoms with Gasteiger partial charge in [-0.25, -0.2) is 4.79 Å². The van der Waals surface area contributed by atoms with Crippen molar-refractivity contribution in [1.29, 1.82) is 0 Å². The maximum Gasteiger partial charge on any atom is 0.412 e. The highest BCUT2D eigenvalue weighted by Crippen LogP contribution is 2.26. The zero-order valence-electron chi connectivity index (χ0n) is 29.6. The first kappa shape index (κ1) is 38.8. The number of hydrogen-bond acceptors (Lipinski definition) is 7. The lowest BCUT2D eigenvalue weighted by atomic mass is 9.95. The van der Waals surface area contributed by atoms with Crippen LogP contribution in [0.25, 0.3) is 0 Å². The monoisotopic (exact) mass is 630 g/mol. The van der Waals surface area contributed by atoms with Gasteiger partial charge in [0.1, 0.15) is 30.5 Å². The maximum absolute atomic E-state index is 13.6. The van der Waals surface area contributed by atoms with Crippen LogP contribution >= 0.6 is 0 Å². The normalized spacial score (nSPS) is 24.5. The van der Waals surface area contributed by atoms with Crippen LogP contribution in [0.1, 0.15) is 164 Å². The average Bonchev–Trinajstić information content (AvgIpc) is 3.00. The number of aliphatic hydroxyl groups excluding tert-OH is 3. The van der Waals surface area contributed by atoms with Crippen molar-refractivity contribution < 1.29 is 35.8 Å². The third-order valence-electron chi connectivity index (χ3n) is 8.64. The number of nitrogens with zero attached hydrogens (tertiary/aromatic N) is 1. The number of carbonyl (C=O) groups excluding carboxylic acids is 2. The SMILES string of the molecule is [2H]C1(N(CCCCCCCCCCCC)C(=O)OC(C)CCCCCCCCCCCC)O[C@H](CO)[C@@H](O)[C@H](O)[C@H]1NC(C)=O. The van der Waals surface area contributed by atoms with E-state index in [1.54, 1.807) is 0 Å². The van der Waals surface area contributed by atoms with Gasteiger partial charge in [-0.15, -0.1) is 0 Å². The van der Waals surface area contributed by atoms with E-state index in [-0.39, 0.29) is 6.54 Å². The Morgan fingerprint density at radius 3 is 1.70 bits per heavy atom. The molecule has 2 unspecified atom stereocenters. The molecule has 260 valence electrons. The largest absolute Gasteiger partial charge is 0.446 e. The van der Waals surface area contributed by atoms with Gasteiger partial charge in [-0.05, 0) is 26.2 Å². The van der Waals surface area contributed by atoms with Crippen LogP contribution < -0.4 is 5.32 Å². The molecule has 9 nitrogen and oxygen atoms in total. The van der Waals surface area contributed by atoms with E-state index < -0.39 is 55.3 Å². The molecule has 1 aliphatic heterocycles. The molecule has 0 bridgehead atoms.